The quantitative estimate of drug-likeness (QED) is 0.495. The van der Waals surface area contributed by atoms with E-state index >= 15 is 0 Å². The molecule has 0 bridgehead atoms. The van der Waals surface area contributed by atoms with Crippen LogP contribution in [-0.2, 0) is 9.59 Å². The molecule has 0 aliphatic carbocycles. The fourth-order valence-electron chi connectivity index (χ4n) is 0.213. The second-order valence-electron chi connectivity index (χ2n) is 1.52. The van der Waals surface area contributed by atoms with E-state index in [1.807, 2.05) is 0 Å². The Bertz CT molecular complexity index is 124. The molecule has 0 rings (SSSR count). The number of Topliss-reactive ketones (excluding diaryl/α,β-unsaturated/α-hetero) is 1. The predicted octanol–water partition coefficient (Wildman–Crippen LogP) is 0.930. The first-order valence-corrected chi connectivity index (χ1v) is 2.49. The van der Waals surface area contributed by atoms with Gasteiger partial charge < -0.3 is 5.11 Å². The third-order valence-corrected chi connectivity index (χ3v) is 0.400. The standard InChI is InChI=1S/C4H6O3.BF3/c1-3(5)2-4(6)7;2-1(3)4/h2H2,1H3,(H,6,7);. The fraction of sp³-hybridized carbons (Fsp3) is 0.500. The van der Waals surface area contributed by atoms with Crippen molar-refractivity contribution in [2.75, 3.05) is 0 Å². The van der Waals surface area contributed by atoms with Gasteiger partial charge in [-0.1, -0.05) is 0 Å². The van der Waals surface area contributed by atoms with Gasteiger partial charge in [0.1, 0.15) is 12.2 Å². The molecule has 0 spiro atoms. The summed E-state index contributed by atoms with van der Waals surface area (Å²) in [5.41, 5.74) is 0. The number of halogens is 3. The molecule has 0 heterocycles. The molecule has 0 atom stereocenters. The molecular formula is C4H6BF3O3. The average Bonchev–Trinajstić information content (AvgIpc) is 1.56. The Hall–Kier alpha value is -1.01. The number of hydrogen-bond donors (Lipinski definition) is 1. The molecule has 0 aromatic rings. The molecule has 0 radical (unpaired) electrons. The van der Waals surface area contributed by atoms with Crippen LogP contribution in [0.5, 0.6) is 0 Å². The highest BCUT2D eigenvalue weighted by Crippen LogP contribution is 1.80. The monoisotopic (exact) mass is 170 g/mol. The first-order chi connectivity index (χ1) is 4.86. The van der Waals surface area contributed by atoms with Gasteiger partial charge in [0.25, 0.3) is 0 Å². The number of rotatable bonds is 2. The van der Waals surface area contributed by atoms with E-state index in [4.69, 9.17) is 5.11 Å². The van der Waals surface area contributed by atoms with Crippen molar-refractivity contribution in [2.24, 2.45) is 0 Å². The summed E-state index contributed by atoms with van der Waals surface area (Å²) in [5, 5.41) is 7.86. The molecular weight excluding hydrogens is 164 g/mol. The Labute approximate surface area is 61.4 Å². The summed E-state index contributed by atoms with van der Waals surface area (Å²) in [7, 11) is -3.67. The van der Waals surface area contributed by atoms with Gasteiger partial charge in [0, 0.05) is 0 Å². The van der Waals surface area contributed by atoms with Crippen LogP contribution in [0.25, 0.3) is 0 Å². The number of carboxylic acids is 1. The minimum atomic E-state index is -3.67. The highest BCUT2D eigenvalue weighted by Gasteiger charge is 2.06. The molecule has 0 saturated carbocycles. The van der Waals surface area contributed by atoms with E-state index < -0.39 is 13.5 Å². The SMILES string of the molecule is CC(=O)CC(=O)O.FB(F)F. The van der Waals surface area contributed by atoms with Crippen LogP contribution in [0.2, 0.25) is 0 Å². The Balaban J connectivity index is 0. The van der Waals surface area contributed by atoms with E-state index in [0.29, 0.717) is 0 Å². The Morgan fingerprint density at radius 2 is 1.64 bits per heavy atom. The Morgan fingerprint density at radius 1 is 1.36 bits per heavy atom. The molecule has 0 fully saturated rings. The van der Waals surface area contributed by atoms with Crippen LogP contribution in [0.15, 0.2) is 0 Å². The smallest absolute Gasteiger partial charge is 0.481 e. The van der Waals surface area contributed by atoms with E-state index in [9.17, 15) is 22.5 Å². The van der Waals surface area contributed by atoms with Gasteiger partial charge >= 0.3 is 13.5 Å². The molecule has 0 unspecified atom stereocenters. The first kappa shape index (κ1) is 12.7. The van der Waals surface area contributed by atoms with Crippen LogP contribution in [0, 0.1) is 0 Å². The molecule has 0 aromatic carbocycles. The van der Waals surface area contributed by atoms with Crippen LogP contribution in [0.4, 0.5) is 12.9 Å². The maximum absolute atomic E-state index is 9.87. The summed E-state index contributed by atoms with van der Waals surface area (Å²) in [6.07, 6.45) is -0.361. The molecule has 0 amide bonds. The lowest BCUT2D eigenvalue weighted by atomic mass is 10.3. The van der Waals surface area contributed by atoms with Crippen LogP contribution in [-0.4, -0.2) is 24.4 Å². The number of carboxylic acid groups (broad SMARTS) is 1. The van der Waals surface area contributed by atoms with Crippen molar-refractivity contribution in [3.05, 3.63) is 0 Å². The molecule has 1 N–H and O–H groups in total. The van der Waals surface area contributed by atoms with Gasteiger partial charge in [0.05, 0.1) is 0 Å². The summed E-state index contributed by atoms with van der Waals surface area (Å²) >= 11 is 0. The lowest BCUT2D eigenvalue weighted by molar-refractivity contribution is -0.139. The minimum absolute atomic E-state index is 0.312. The van der Waals surface area contributed by atoms with Gasteiger partial charge in [-0.2, -0.15) is 0 Å². The summed E-state index contributed by atoms with van der Waals surface area (Å²) < 4.78 is 29.0. The predicted molar refractivity (Wildman–Crippen MR) is 32.0 cm³/mol. The van der Waals surface area contributed by atoms with Crippen LogP contribution in [0.1, 0.15) is 13.3 Å². The highest BCUT2D eigenvalue weighted by molar-refractivity contribution is 6.33. The number of carbonyl (C=O) groups is 2. The van der Waals surface area contributed by atoms with Crippen LogP contribution in [0.3, 0.4) is 0 Å². The second-order valence-corrected chi connectivity index (χ2v) is 1.52. The Morgan fingerprint density at radius 3 is 1.64 bits per heavy atom. The molecule has 0 aromatic heterocycles. The van der Waals surface area contributed by atoms with E-state index in [-0.39, 0.29) is 12.2 Å². The molecule has 64 valence electrons. The van der Waals surface area contributed by atoms with Crippen LogP contribution >= 0.6 is 0 Å². The molecule has 11 heavy (non-hydrogen) atoms. The zero-order valence-corrected chi connectivity index (χ0v) is 5.68. The fourth-order valence-corrected chi connectivity index (χ4v) is 0.213. The second kappa shape index (κ2) is 7.11. The van der Waals surface area contributed by atoms with Crippen molar-refractivity contribution in [3.8, 4) is 0 Å². The lowest BCUT2D eigenvalue weighted by Gasteiger charge is -1.80. The molecule has 3 nitrogen and oxygen atoms in total. The number of hydrogen-bond acceptors (Lipinski definition) is 2. The van der Waals surface area contributed by atoms with E-state index in [0.717, 1.165) is 0 Å². The van der Waals surface area contributed by atoms with Crippen molar-refractivity contribution in [1.82, 2.24) is 0 Å². The molecule has 7 heteroatoms. The van der Waals surface area contributed by atoms with E-state index in [1.165, 1.54) is 6.92 Å². The summed E-state index contributed by atoms with van der Waals surface area (Å²) in [4.78, 5) is 19.5. The maximum Gasteiger partial charge on any atom is 0.762 e. The lowest BCUT2D eigenvalue weighted by Crippen LogP contribution is -2.00. The van der Waals surface area contributed by atoms with Crippen molar-refractivity contribution in [2.45, 2.75) is 13.3 Å². The van der Waals surface area contributed by atoms with Gasteiger partial charge in [-0.3, -0.25) is 22.5 Å². The molecule has 0 aliphatic heterocycles. The number of ketones is 1. The van der Waals surface area contributed by atoms with Gasteiger partial charge in [-0.05, 0) is 6.92 Å². The van der Waals surface area contributed by atoms with Crippen molar-refractivity contribution in [3.63, 3.8) is 0 Å². The highest BCUT2D eigenvalue weighted by atomic mass is 19.4. The van der Waals surface area contributed by atoms with Gasteiger partial charge in [-0.25, -0.2) is 0 Å². The Kier molecular flexibility index (Phi) is 8.17. The van der Waals surface area contributed by atoms with Gasteiger partial charge in [0.15, 0.2) is 0 Å². The van der Waals surface area contributed by atoms with Crippen molar-refractivity contribution >= 4 is 19.3 Å². The molecule has 0 aliphatic rings. The van der Waals surface area contributed by atoms with Gasteiger partial charge in [-0.15, -0.1) is 0 Å². The summed E-state index contributed by atoms with van der Waals surface area (Å²) in [6.45, 7) is 1.24. The first-order valence-electron chi connectivity index (χ1n) is 2.49. The third kappa shape index (κ3) is 49.1. The third-order valence-electron chi connectivity index (χ3n) is 0.400. The largest absolute Gasteiger partial charge is 0.762 e. The average molecular weight is 170 g/mol. The normalized spacial score (nSPS) is 7.64. The minimum Gasteiger partial charge on any atom is -0.481 e. The van der Waals surface area contributed by atoms with Crippen molar-refractivity contribution in [1.29, 1.82) is 0 Å². The van der Waals surface area contributed by atoms with E-state index in [1.54, 1.807) is 0 Å². The molecule has 0 saturated heterocycles. The maximum atomic E-state index is 9.87. The zero-order chi connectivity index (χ0) is 9.44. The van der Waals surface area contributed by atoms with Crippen molar-refractivity contribution < 1.29 is 27.6 Å². The summed E-state index contributed by atoms with van der Waals surface area (Å²) in [6, 6.07) is 0. The number of carbonyl (C=O) groups excluding carboxylic acids is 1. The topological polar surface area (TPSA) is 54.4 Å². The zero-order valence-electron chi connectivity index (χ0n) is 5.68. The van der Waals surface area contributed by atoms with Gasteiger partial charge in [0.2, 0.25) is 0 Å². The van der Waals surface area contributed by atoms with Crippen LogP contribution < -0.4 is 0 Å². The summed E-state index contributed by atoms with van der Waals surface area (Å²) in [5.74, 6) is -1.37. The van der Waals surface area contributed by atoms with E-state index in [2.05, 4.69) is 0 Å². The number of aliphatic carboxylic acids is 1.